The first-order chi connectivity index (χ1) is 9.88. The molecular formula is C15H22N2O3S. The van der Waals surface area contributed by atoms with Crippen molar-refractivity contribution in [2.45, 2.75) is 44.6 Å². The fraction of sp³-hybridized carbons (Fsp3) is 0.600. The van der Waals surface area contributed by atoms with E-state index in [1.54, 1.807) is 11.3 Å². The standard InChI is InChI=1S/C15H22N2O3S/c1-15(2,12-4-3-7-21-12)9-16-14(20)17-11(8-13(18)19)10-5-6-10/h3-4,7,10-11H,5-6,8-9H2,1-2H3,(H,18,19)(H2,16,17,20). The van der Waals surface area contributed by atoms with E-state index in [0.717, 1.165) is 12.8 Å². The summed E-state index contributed by atoms with van der Waals surface area (Å²) in [6.45, 7) is 4.67. The summed E-state index contributed by atoms with van der Waals surface area (Å²) in [5, 5.41) is 16.6. The van der Waals surface area contributed by atoms with Crippen molar-refractivity contribution in [3.05, 3.63) is 22.4 Å². The average molecular weight is 310 g/mol. The maximum atomic E-state index is 12.0. The lowest BCUT2D eigenvalue weighted by Gasteiger charge is -2.25. The fourth-order valence-electron chi connectivity index (χ4n) is 2.29. The third-order valence-electron chi connectivity index (χ3n) is 3.78. The first-order valence-corrected chi connectivity index (χ1v) is 8.06. The van der Waals surface area contributed by atoms with E-state index < -0.39 is 5.97 Å². The van der Waals surface area contributed by atoms with Crippen molar-refractivity contribution in [2.24, 2.45) is 5.92 Å². The van der Waals surface area contributed by atoms with Crippen molar-refractivity contribution in [1.82, 2.24) is 10.6 Å². The van der Waals surface area contributed by atoms with Gasteiger partial charge >= 0.3 is 12.0 Å². The van der Waals surface area contributed by atoms with E-state index in [0.29, 0.717) is 12.5 Å². The van der Waals surface area contributed by atoms with E-state index in [1.807, 2.05) is 11.4 Å². The largest absolute Gasteiger partial charge is 0.481 e. The minimum Gasteiger partial charge on any atom is -0.481 e. The summed E-state index contributed by atoms with van der Waals surface area (Å²) in [5.41, 5.74) is -0.132. The minimum atomic E-state index is -0.869. The maximum absolute atomic E-state index is 12.0. The zero-order valence-corrected chi connectivity index (χ0v) is 13.2. The van der Waals surface area contributed by atoms with Crippen LogP contribution in [0.25, 0.3) is 0 Å². The molecule has 1 aromatic heterocycles. The Labute approximate surface area is 128 Å². The van der Waals surface area contributed by atoms with E-state index >= 15 is 0 Å². The zero-order valence-electron chi connectivity index (χ0n) is 12.4. The lowest BCUT2D eigenvalue weighted by atomic mass is 9.91. The summed E-state index contributed by atoms with van der Waals surface area (Å²) in [5.74, 6) is -0.553. The number of carboxylic acids is 1. The number of carboxylic acid groups (broad SMARTS) is 1. The van der Waals surface area contributed by atoms with Crippen LogP contribution in [0.15, 0.2) is 17.5 Å². The first kappa shape index (κ1) is 15.8. The molecule has 1 aliphatic rings. The normalized spacial score (nSPS) is 16.3. The van der Waals surface area contributed by atoms with Crippen LogP contribution in [-0.2, 0) is 10.2 Å². The highest BCUT2D eigenvalue weighted by molar-refractivity contribution is 7.10. The van der Waals surface area contributed by atoms with Gasteiger partial charge in [-0.05, 0) is 30.2 Å². The Balaban J connectivity index is 1.82. The van der Waals surface area contributed by atoms with Gasteiger partial charge in [-0.1, -0.05) is 19.9 Å². The number of thiophene rings is 1. The third-order valence-corrected chi connectivity index (χ3v) is 5.02. The Morgan fingerprint density at radius 1 is 1.48 bits per heavy atom. The third kappa shape index (κ3) is 4.74. The highest BCUT2D eigenvalue weighted by Gasteiger charge is 2.34. The van der Waals surface area contributed by atoms with Gasteiger partial charge in [0.05, 0.1) is 6.42 Å². The molecule has 0 aliphatic heterocycles. The monoisotopic (exact) mass is 310 g/mol. The molecule has 1 aromatic rings. The molecule has 1 fully saturated rings. The van der Waals surface area contributed by atoms with Crippen LogP contribution in [0.3, 0.4) is 0 Å². The quantitative estimate of drug-likeness (QED) is 0.724. The second-order valence-corrected chi connectivity index (χ2v) is 7.18. The Morgan fingerprint density at radius 2 is 2.19 bits per heavy atom. The molecule has 0 saturated heterocycles. The molecule has 21 heavy (non-hydrogen) atoms. The molecule has 0 spiro atoms. The summed E-state index contributed by atoms with van der Waals surface area (Å²) in [4.78, 5) is 24.0. The predicted molar refractivity (Wildman–Crippen MR) is 82.6 cm³/mol. The van der Waals surface area contributed by atoms with Crippen molar-refractivity contribution < 1.29 is 14.7 Å². The van der Waals surface area contributed by atoms with Crippen molar-refractivity contribution in [1.29, 1.82) is 0 Å². The average Bonchev–Trinajstić information content (AvgIpc) is 3.09. The SMILES string of the molecule is CC(C)(CNC(=O)NC(CC(=O)O)C1CC1)c1cccs1. The van der Waals surface area contributed by atoms with Gasteiger partial charge in [0, 0.05) is 22.9 Å². The van der Waals surface area contributed by atoms with E-state index in [2.05, 4.69) is 30.5 Å². The molecule has 1 atom stereocenters. The molecule has 1 saturated carbocycles. The highest BCUT2D eigenvalue weighted by Crippen LogP contribution is 2.34. The minimum absolute atomic E-state index is 0.00754. The molecule has 0 aromatic carbocycles. The second-order valence-electron chi connectivity index (χ2n) is 6.23. The Hall–Kier alpha value is -1.56. The van der Waals surface area contributed by atoms with Crippen molar-refractivity contribution in [2.75, 3.05) is 6.54 Å². The summed E-state index contributed by atoms with van der Waals surface area (Å²) in [6.07, 6.45) is 1.99. The molecule has 2 rings (SSSR count). The Morgan fingerprint density at radius 3 is 2.71 bits per heavy atom. The van der Waals surface area contributed by atoms with Gasteiger partial charge in [0.15, 0.2) is 0 Å². The van der Waals surface area contributed by atoms with Gasteiger partial charge in [-0.15, -0.1) is 11.3 Å². The summed E-state index contributed by atoms with van der Waals surface area (Å²) in [7, 11) is 0. The summed E-state index contributed by atoms with van der Waals surface area (Å²) >= 11 is 1.67. The zero-order chi connectivity index (χ0) is 15.5. The second kappa shape index (κ2) is 6.47. The maximum Gasteiger partial charge on any atom is 0.315 e. The number of nitrogens with one attached hydrogen (secondary N) is 2. The molecule has 6 heteroatoms. The first-order valence-electron chi connectivity index (χ1n) is 7.18. The summed E-state index contributed by atoms with van der Waals surface area (Å²) in [6, 6.07) is 3.52. The van der Waals surface area contributed by atoms with Crippen molar-refractivity contribution in [3.8, 4) is 0 Å². The highest BCUT2D eigenvalue weighted by atomic mass is 32.1. The van der Waals surface area contributed by atoms with Crippen molar-refractivity contribution >= 4 is 23.3 Å². The van der Waals surface area contributed by atoms with Crippen LogP contribution in [0.5, 0.6) is 0 Å². The number of amides is 2. The molecule has 1 heterocycles. The number of hydrogen-bond donors (Lipinski definition) is 3. The van der Waals surface area contributed by atoms with E-state index in [-0.39, 0.29) is 23.9 Å². The van der Waals surface area contributed by atoms with E-state index in [4.69, 9.17) is 5.11 Å². The van der Waals surface area contributed by atoms with Crippen LogP contribution >= 0.6 is 11.3 Å². The number of carbonyl (C=O) groups excluding carboxylic acids is 1. The van der Waals surface area contributed by atoms with Crippen LogP contribution in [0.1, 0.15) is 38.0 Å². The van der Waals surface area contributed by atoms with Crippen LogP contribution in [0.4, 0.5) is 4.79 Å². The molecule has 0 radical (unpaired) electrons. The van der Waals surface area contributed by atoms with E-state index in [1.165, 1.54) is 4.88 Å². The van der Waals surface area contributed by atoms with Crippen LogP contribution < -0.4 is 10.6 Å². The number of carbonyl (C=O) groups is 2. The molecule has 5 nitrogen and oxygen atoms in total. The van der Waals surface area contributed by atoms with E-state index in [9.17, 15) is 9.59 Å². The van der Waals surface area contributed by atoms with Crippen LogP contribution in [0.2, 0.25) is 0 Å². The van der Waals surface area contributed by atoms with Gasteiger partial charge in [-0.3, -0.25) is 4.79 Å². The molecule has 1 aliphatic carbocycles. The van der Waals surface area contributed by atoms with Crippen LogP contribution in [0, 0.1) is 5.92 Å². The molecule has 0 bridgehead atoms. The molecule has 116 valence electrons. The van der Waals surface area contributed by atoms with Gasteiger partial charge in [0.2, 0.25) is 0 Å². The van der Waals surface area contributed by atoms with Gasteiger partial charge in [0.25, 0.3) is 0 Å². The van der Waals surface area contributed by atoms with Gasteiger partial charge in [-0.2, -0.15) is 0 Å². The predicted octanol–water partition coefficient (Wildman–Crippen LogP) is 2.58. The number of rotatable bonds is 7. The molecule has 2 amide bonds. The number of aliphatic carboxylic acids is 1. The Bertz CT molecular complexity index is 495. The van der Waals surface area contributed by atoms with Crippen LogP contribution in [-0.4, -0.2) is 29.7 Å². The smallest absolute Gasteiger partial charge is 0.315 e. The van der Waals surface area contributed by atoms with Gasteiger partial charge in [-0.25, -0.2) is 4.79 Å². The number of hydrogen-bond acceptors (Lipinski definition) is 3. The number of urea groups is 1. The molecular weight excluding hydrogens is 288 g/mol. The lowest BCUT2D eigenvalue weighted by molar-refractivity contribution is -0.137. The fourth-order valence-corrected chi connectivity index (χ4v) is 3.15. The lowest BCUT2D eigenvalue weighted by Crippen LogP contribution is -2.47. The molecule has 1 unspecified atom stereocenters. The van der Waals surface area contributed by atoms with Gasteiger partial charge in [0.1, 0.15) is 0 Å². The summed E-state index contributed by atoms with van der Waals surface area (Å²) < 4.78 is 0. The van der Waals surface area contributed by atoms with Gasteiger partial charge < -0.3 is 15.7 Å². The molecule has 3 N–H and O–H groups in total. The topological polar surface area (TPSA) is 78.4 Å². The Kier molecular flexibility index (Phi) is 4.88. The van der Waals surface area contributed by atoms with Crippen molar-refractivity contribution in [3.63, 3.8) is 0 Å².